The minimum absolute atomic E-state index is 0.0123. The first-order chi connectivity index (χ1) is 13.5. The number of carbonyl (C=O) groups is 1. The van der Waals surface area contributed by atoms with Gasteiger partial charge in [-0.1, -0.05) is 30.3 Å². The molecule has 0 saturated heterocycles. The molecule has 0 bridgehead atoms. The Morgan fingerprint density at radius 1 is 1.14 bits per heavy atom. The fourth-order valence-electron chi connectivity index (χ4n) is 3.28. The number of aromatic hydroxyl groups is 1. The van der Waals surface area contributed by atoms with E-state index in [-0.39, 0.29) is 6.61 Å². The van der Waals surface area contributed by atoms with Crippen molar-refractivity contribution >= 4 is 5.97 Å². The van der Waals surface area contributed by atoms with E-state index < -0.39 is 34.7 Å². The monoisotopic (exact) mass is 382 g/mol. The van der Waals surface area contributed by atoms with E-state index in [1.807, 2.05) is 0 Å². The van der Waals surface area contributed by atoms with Crippen molar-refractivity contribution in [1.29, 1.82) is 0 Å². The summed E-state index contributed by atoms with van der Waals surface area (Å²) < 4.78 is 21.2. The molecule has 2 aromatic carbocycles. The van der Waals surface area contributed by atoms with E-state index in [4.69, 9.17) is 4.74 Å². The van der Waals surface area contributed by atoms with Crippen LogP contribution in [0.4, 0.5) is 4.39 Å². The van der Waals surface area contributed by atoms with Gasteiger partial charge in [-0.3, -0.25) is 9.47 Å². The van der Waals surface area contributed by atoms with E-state index in [1.165, 1.54) is 12.3 Å². The number of pyridine rings is 1. The summed E-state index contributed by atoms with van der Waals surface area (Å²) in [5.41, 5.74) is 3.08. The molecule has 0 aliphatic carbocycles. The highest BCUT2D eigenvalue weighted by atomic mass is 19.1. The number of hydrogen-bond donors (Lipinski definition) is 3. The average molecular weight is 382 g/mol. The van der Waals surface area contributed by atoms with Crippen LogP contribution in [0.1, 0.15) is 33.2 Å². The standard InChI is InChI=1S/C20H15FN2O5/c21-14-6-3-5-11-13(14)10-28-16-7-2-1-4-12(16)17(11)22-23-9-8-15(24)19(25)18(23)20(26)27/h1-9,17,22,25H,10H2,(H,26,27). The fourth-order valence-corrected chi connectivity index (χ4v) is 3.28. The lowest BCUT2D eigenvalue weighted by Gasteiger charge is -2.24. The van der Waals surface area contributed by atoms with Gasteiger partial charge in [-0.05, 0) is 17.7 Å². The van der Waals surface area contributed by atoms with Gasteiger partial charge in [0.05, 0.1) is 6.04 Å². The highest BCUT2D eigenvalue weighted by Gasteiger charge is 2.28. The largest absolute Gasteiger partial charge is 0.502 e. The predicted octanol–water partition coefficient (Wildman–Crippen LogP) is 2.62. The Balaban J connectivity index is 1.91. The Bertz CT molecular complexity index is 1140. The van der Waals surface area contributed by atoms with Crippen LogP contribution in [0.2, 0.25) is 0 Å². The first-order valence-corrected chi connectivity index (χ1v) is 8.41. The van der Waals surface area contributed by atoms with E-state index >= 15 is 0 Å². The molecule has 3 N–H and O–H groups in total. The van der Waals surface area contributed by atoms with E-state index in [9.17, 15) is 24.2 Å². The van der Waals surface area contributed by atoms with Gasteiger partial charge in [0, 0.05) is 23.4 Å². The van der Waals surface area contributed by atoms with E-state index in [2.05, 4.69) is 5.43 Å². The molecular formula is C20H15FN2O5. The first kappa shape index (κ1) is 17.6. The van der Waals surface area contributed by atoms with E-state index in [0.29, 0.717) is 22.4 Å². The van der Waals surface area contributed by atoms with Crippen LogP contribution >= 0.6 is 0 Å². The number of benzene rings is 2. The molecule has 1 aliphatic heterocycles. The van der Waals surface area contributed by atoms with Gasteiger partial charge in [0.25, 0.3) is 0 Å². The zero-order chi connectivity index (χ0) is 19.8. The number of aromatic nitrogens is 1. The van der Waals surface area contributed by atoms with Crippen LogP contribution in [-0.4, -0.2) is 20.9 Å². The number of halogens is 1. The maximum atomic E-state index is 14.4. The Morgan fingerprint density at radius 2 is 1.89 bits per heavy atom. The molecule has 142 valence electrons. The van der Waals surface area contributed by atoms with Crippen LogP contribution in [0.5, 0.6) is 11.5 Å². The number of carboxylic acids is 1. The molecule has 2 heterocycles. The summed E-state index contributed by atoms with van der Waals surface area (Å²) in [5, 5.41) is 19.4. The fraction of sp³-hybridized carbons (Fsp3) is 0.100. The van der Waals surface area contributed by atoms with Crippen LogP contribution in [0, 0.1) is 5.82 Å². The van der Waals surface area contributed by atoms with Gasteiger partial charge in [0.1, 0.15) is 18.2 Å². The Morgan fingerprint density at radius 3 is 2.68 bits per heavy atom. The van der Waals surface area contributed by atoms with Crippen LogP contribution in [0.3, 0.4) is 0 Å². The van der Waals surface area contributed by atoms with Gasteiger partial charge in [0.2, 0.25) is 5.43 Å². The van der Waals surface area contributed by atoms with Crippen LogP contribution in [0.25, 0.3) is 0 Å². The number of ether oxygens (including phenoxy) is 1. The lowest BCUT2D eigenvalue weighted by Crippen LogP contribution is -2.28. The van der Waals surface area contributed by atoms with Crippen molar-refractivity contribution in [3.05, 3.63) is 93.2 Å². The molecule has 1 unspecified atom stereocenters. The van der Waals surface area contributed by atoms with Gasteiger partial charge >= 0.3 is 5.97 Å². The molecule has 3 aromatic rings. The number of carboxylic acid groups (broad SMARTS) is 1. The van der Waals surface area contributed by atoms with Crippen molar-refractivity contribution in [3.8, 4) is 11.5 Å². The lowest BCUT2D eigenvalue weighted by atomic mass is 9.95. The smallest absolute Gasteiger partial charge is 0.358 e. The Hall–Kier alpha value is -3.81. The van der Waals surface area contributed by atoms with Gasteiger partial charge in [0.15, 0.2) is 11.4 Å². The molecule has 0 saturated carbocycles. The first-order valence-electron chi connectivity index (χ1n) is 8.41. The van der Waals surface area contributed by atoms with Gasteiger partial charge in [-0.15, -0.1) is 0 Å². The molecule has 4 rings (SSSR count). The quantitative estimate of drug-likeness (QED) is 0.644. The second-order valence-corrected chi connectivity index (χ2v) is 6.25. The van der Waals surface area contributed by atoms with Crippen molar-refractivity contribution in [2.75, 3.05) is 5.43 Å². The molecule has 1 aromatic heterocycles. The number of nitrogens with zero attached hydrogens (tertiary/aromatic N) is 1. The van der Waals surface area contributed by atoms with Gasteiger partial charge < -0.3 is 20.4 Å². The van der Waals surface area contributed by atoms with Crippen molar-refractivity contribution in [2.45, 2.75) is 12.6 Å². The topological polar surface area (TPSA) is 101 Å². The lowest BCUT2D eigenvalue weighted by molar-refractivity contribution is 0.0681. The third kappa shape index (κ3) is 2.84. The van der Waals surface area contributed by atoms with Crippen LogP contribution in [-0.2, 0) is 6.61 Å². The minimum atomic E-state index is -1.49. The number of rotatable bonds is 3. The molecular weight excluding hydrogens is 367 g/mol. The highest BCUT2D eigenvalue weighted by molar-refractivity contribution is 5.88. The summed E-state index contributed by atoms with van der Waals surface area (Å²) >= 11 is 0. The second kappa shape index (κ2) is 6.73. The van der Waals surface area contributed by atoms with Gasteiger partial charge in [-0.2, -0.15) is 0 Å². The Labute approximate surface area is 158 Å². The number of hydrogen-bond acceptors (Lipinski definition) is 5. The number of aromatic carboxylic acids is 1. The summed E-state index contributed by atoms with van der Waals surface area (Å²) in [6.07, 6.45) is 1.21. The average Bonchev–Trinajstić information content (AvgIpc) is 2.83. The SMILES string of the molecule is O=C(O)c1c(O)c(=O)ccn1NC1c2ccccc2OCc2c(F)cccc21. The maximum absolute atomic E-state index is 14.4. The molecule has 1 atom stereocenters. The van der Waals surface area contributed by atoms with Gasteiger partial charge in [-0.25, -0.2) is 9.18 Å². The molecule has 7 nitrogen and oxygen atoms in total. The third-order valence-electron chi connectivity index (χ3n) is 4.61. The Kier molecular flexibility index (Phi) is 4.23. The number of fused-ring (bicyclic) bond motifs is 2. The summed E-state index contributed by atoms with van der Waals surface area (Å²) in [5.74, 6) is -2.31. The van der Waals surface area contributed by atoms with E-state index in [0.717, 1.165) is 10.7 Å². The summed E-state index contributed by atoms with van der Waals surface area (Å²) in [6.45, 7) is 0.0123. The van der Waals surface area contributed by atoms with Crippen molar-refractivity contribution in [3.63, 3.8) is 0 Å². The van der Waals surface area contributed by atoms with Crippen molar-refractivity contribution < 1.29 is 24.1 Å². The molecule has 28 heavy (non-hydrogen) atoms. The van der Waals surface area contributed by atoms with Crippen molar-refractivity contribution in [2.24, 2.45) is 0 Å². The highest BCUT2D eigenvalue weighted by Crippen LogP contribution is 2.37. The van der Waals surface area contributed by atoms with Crippen LogP contribution < -0.4 is 15.6 Å². The number of para-hydroxylation sites is 1. The molecule has 1 aliphatic rings. The van der Waals surface area contributed by atoms with Crippen molar-refractivity contribution in [1.82, 2.24) is 4.68 Å². The number of nitrogens with one attached hydrogen (secondary N) is 1. The molecule has 0 spiro atoms. The minimum Gasteiger partial charge on any atom is -0.502 e. The van der Waals surface area contributed by atoms with E-state index in [1.54, 1.807) is 36.4 Å². The summed E-state index contributed by atoms with van der Waals surface area (Å²) in [6, 6.07) is 12.0. The second-order valence-electron chi connectivity index (χ2n) is 6.25. The van der Waals surface area contributed by atoms with Crippen LogP contribution in [0.15, 0.2) is 59.5 Å². The zero-order valence-corrected chi connectivity index (χ0v) is 14.4. The maximum Gasteiger partial charge on any atom is 0.358 e. The molecule has 8 heteroatoms. The third-order valence-corrected chi connectivity index (χ3v) is 4.61. The molecule has 0 radical (unpaired) electrons. The predicted molar refractivity (Wildman–Crippen MR) is 97.7 cm³/mol. The summed E-state index contributed by atoms with van der Waals surface area (Å²) in [4.78, 5) is 23.3. The molecule has 0 amide bonds. The zero-order valence-electron chi connectivity index (χ0n) is 14.4. The summed E-state index contributed by atoms with van der Waals surface area (Å²) in [7, 11) is 0. The molecule has 0 fully saturated rings. The normalized spacial score (nSPS) is 15.0.